The summed E-state index contributed by atoms with van der Waals surface area (Å²) in [6, 6.07) is 11.4. The first-order valence-corrected chi connectivity index (χ1v) is 11.7. The average Bonchev–Trinajstić information content (AvgIpc) is 3.41. The first-order chi connectivity index (χ1) is 15.9. The number of rotatable bonds is 5. The van der Waals surface area contributed by atoms with Crippen LogP contribution in [0.25, 0.3) is 11.1 Å². The number of carbonyl (C=O) groups excluding carboxylic acids is 2. The lowest BCUT2D eigenvalue weighted by Gasteiger charge is -2.45. The third-order valence-electron chi connectivity index (χ3n) is 7.47. The number of benzene rings is 1. The number of aromatic nitrogens is 1. The molecule has 0 saturated heterocycles. The Hall–Kier alpha value is -3.22. The molecule has 1 saturated carbocycles. The molecule has 5 rings (SSSR count). The van der Waals surface area contributed by atoms with Crippen LogP contribution in [0.1, 0.15) is 55.6 Å². The molecule has 1 fully saturated rings. The molecule has 3 heterocycles. The topological polar surface area (TPSA) is 76.7 Å². The van der Waals surface area contributed by atoms with Crippen molar-refractivity contribution < 1.29 is 18.7 Å². The minimum absolute atomic E-state index is 0.0980. The number of methoxy groups -OCH3 is 1. The standard InChI is InChI=1S/C26H31N3O4/c1-17-6-4-5-7-20(17)27-25(31)26(2)16-28-21-12-13-33-23(21)14-22(28)24(30)29(26)15-18-8-10-19(32-3)11-9-18/h8-14,17,20H,4-7,15-16H2,1-3H3,(H,27,31)/t17-,20+,26+/m0/s1. The van der Waals surface area contributed by atoms with E-state index in [4.69, 9.17) is 9.15 Å². The molecule has 2 amide bonds. The van der Waals surface area contributed by atoms with Crippen molar-refractivity contribution in [1.29, 1.82) is 0 Å². The minimum atomic E-state index is -1.04. The molecule has 1 aliphatic heterocycles. The number of fused-ring (bicyclic) bond motifs is 3. The van der Waals surface area contributed by atoms with Crippen LogP contribution >= 0.6 is 0 Å². The van der Waals surface area contributed by atoms with Crippen LogP contribution in [0.15, 0.2) is 47.1 Å². The van der Waals surface area contributed by atoms with Crippen molar-refractivity contribution in [1.82, 2.24) is 14.8 Å². The zero-order valence-corrected chi connectivity index (χ0v) is 19.5. The van der Waals surface area contributed by atoms with Crippen molar-refractivity contribution in [2.24, 2.45) is 5.92 Å². The molecule has 2 aromatic heterocycles. The fraction of sp³-hybridized carbons (Fsp3) is 0.462. The minimum Gasteiger partial charge on any atom is -0.497 e. The monoisotopic (exact) mass is 449 g/mol. The Labute approximate surface area is 193 Å². The molecule has 2 aliphatic rings. The van der Waals surface area contributed by atoms with Crippen LogP contribution in [0.4, 0.5) is 0 Å². The highest BCUT2D eigenvalue weighted by Gasteiger charge is 2.48. The molecule has 1 aliphatic carbocycles. The van der Waals surface area contributed by atoms with E-state index in [0.29, 0.717) is 30.3 Å². The van der Waals surface area contributed by atoms with Crippen LogP contribution in [0.3, 0.4) is 0 Å². The molecular weight excluding hydrogens is 418 g/mol. The maximum absolute atomic E-state index is 13.8. The van der Waals surface area contributed by atoms with Gasteiger partial charge < -0.3 is 23.9 Å². The molecule has 174 valence electrons. The van der Waals surface area contributed by atoms with Crippen LogP contribution in [0.5, 0.6) is 5.75 Å². The second kappa shape index (κ2) is 8.28. The van der Waals surface area contributed by atoms with Gasteiger partial charge in [-0.15, -0.1) is 0 Å². The molecule has 7 nitrogen and oxygen atoms in total. The molecule has 0 radical (unpaired) electrons. The van der Waals surface area contributed by atoms with Gasteiger partial charge in [0.2, 0.25) is 5.91 Å². The van der Waals surface area contributed by atoms with Gasteiger partial charge in [0.25, 0.3) is 5.91 Å². The lowest BCUT2D eigenvalue weighted by Crippen LogP contribution is -2.65. The summed E-state index contributed by atoms with van der Waals surface area (Å²) in [6.45, 7) is 4.79. The van der Waals surface area contributed by atoms with Crippen LogP contribution in [-0.2, 0) is 17.9 Å². The zero-order valence-electron chi connectivity index (χ0n) is 19.5. The van der Waals surface area contributed by atoms with Crippen LogP contribution in [0, 0.1) is 5.92 Å². The summed E-state index contributed by atoms with van der Waals surface area (Å²) in [5.74, 6) is 0.921. The number of carbonyl (C=O) groups is 2. The van der Waals surface area contributed by atoms with Gasteiger partial charge in [0.15, 0.2) is 5.58 Å². The van der Waals surface area contributed by atoms with Gasteiger partial charge in [-0.25, -0.2) is 0 Å². The third kappa shape index (κ3) is 3.69. The highest BCUT2D eigenvalue weighted by Crippen LogP contribution is 2.35. The Balaban J connectivity index is 1.51. The van der Waals surface area contributed by atoms with Crippen molar-refractivity contribution in [2.75, 3.05) is 7.11 Å². The smallest absolute Gasteiger partial charge is 0.271 e. The third-order valence-corrected chi connectivity index (χ3v) is 7.47. The van der Waals surface area contributed by atoms with Gasteiger partial charge in [0.1, 0.15) is 17.0 Å². The fourth-order valence-electron chi connectivity index (χ4n) is 5.29. The van der Waals surface area contributed by atoms with E-state index in [1.807, 2.05) is 41.8 Å². The van der Waals surface area contributed by atoms with E-state index in [1.165, 1.54) is 6.42 Å². The van der Waals surface area contributed by atoms with Crippen molar-refractivity contribution in [3.8, 4) is 5.75 Å². The molecule has 3 aromatic rings. The molecular formula is C26H31N3O4. The van der Waals surface area contributed by atoms with Gasteiger partial charge in [0, 0.05) is 24.7 Å². The number of furan rings is 1. The van der Waals surface area contributed by atoms with E-state index < -0.39 is 5.54 Å². The van der Waals surface area contributed by atoms with E-state index in [2.05, 4.69) is 12.2 Å². The molecule has 7 heteroatoms. The summed E-state index contributed by atoms with van der Waals surface area (Å²) in [4.78, 5) is 29.3. The van der Waals surface area contributed by atoms with Gasteiger partial charge >= 0.3 is 0 Å². The summed E-state index contributed by atoms with van der Waals surface area (Å²) in [7, 11) is 1.63. The highest BCUT2D eigenvalue weighted by atomic mass is 16.5. The molecule has 3 atom stereocenters. The highest BCUT2D eigenvalue weighted by molar-refractivity contribution is 6.02. The second-order valence-electron chi connectivity index (χ2n) is 9.64. The largest absolute Gasteiger partial charge is 0.497 e. The Morgan fingerprint density at radius 1 is 1.21 bits per heavy atom. The predicted octanol–water partition coefficient (Wildman–Crippen LogP) is 4.35. The van der Waals surface area contributed by atoms with E-state index in [9.17, 15) is 9.59 Å². The lowest BCUT2D eigenvalue weighted by molar-refractivity contribution is -0.134. The number of nitrogens with one attached hydrogen (secondary N) is 1. The summed E-state index contributed by atoms with van der Waals surface area (Å²) < 4.78 is 12.7. The van der Waals surface area contributed by atoms with Gasteiger partial charge in [-0.3, -0.25) is 9.59 Å². The summed E-state index contributed by atoms with van der Waals surface area (Å²) in [5.41, 5.74) is 1.96. The normalized spacial score (nSPS) is 25.2. The SMILES string of the molecule is COc1ccc(CN2C(=O)c3cc4occc4n3C[C@]2(C)C(=O)N[C@@H]2CCCC[C@@H]2C)cc1. The number of amides is 2. The molecule has 33 heavy (non-hydrogen) atoms. The Bertz CT molecular complexity index is 1180. The second-order valence-corrected chi connectivity index (χ2v) is 9.64. The number of hydrogen-bond acceptors (Lipinski definition) is 4. The Morgan fingerprint density at radius 3 is 2.70 bits per heavy atom. The Morgan fingerprint density at radius 2 is 1.97 bits per heavy atom. The molecule has 0 bridgehead atoms. The first-order valence-electron chi connectivity index (χ1n) is 11.7. The summed E-state index contributed by atoms with van der Waals surface area (Å²) in [6.07, 6.45) is 6.05. The van der Waals surface area contributed by atoms with Crippen molar-refractivity contribution in [2.45, 2.75) is 64.2 Å². The first kappa shape index (κ1) is 21.6. The number of hydrogen-bond donors (Lipinski definition) is 1. The van der Waals surface area contributed by atoms with E-state index in [1.54, 1.807) is 24.3 Å². The van der Waals surface area contributed by atoms with Gasteiger partial charge in [-0.2, -0.15) is 0 Å². The quantitative estimate of drug-likeness (QED) is 0.628. The van der Waals surface area contributed by atoms with Crippen LogP contribution in [-0.4, -0.2) is 40.0 Å². The predicted molar refractivity (Wildman–Crippen MR) is 125 cm³/mol. The molecule has 1 aromatic carbocycles. The van der Waals surface area contributed by atoms with E-state index in [0.717, 1.165) is 36.1 Å². The van der Waals surface area contributed by atoms with Crippen molar-refractivity contribution in [3.05, 3.63) is 53.9 Å². The van der Waals surface area contributed by atoms with Gasteiger partial charge in [0.05, 0.1) is 25.4 Å². The number of nitrogens with zero attached hydrogens (tertiary/aromatic N) is 2. The summed E-state index contributed by atoms with van der Waals surface area (Å²) in [5, 5.41) is 3.31. The molecule has 1 N–H and O–H groups in total. The molecule has 0 spiro atoms. The van der Waals surface area contributed by atoms with Gasteiger partial charge in [-0.05, 0) is 43.4 Å². The Kier molecular flexibility index (Phi) is 5.43. The molecule has 0 unspecified atom stereocenters. The van der Waals surface area contributed by atoms with E-state index >= 15 is 0 Å². The lowest BCUT2D eigenvalue weighted by atomic mass is 9.85. The maximum Gasteiger partial charge on any atom is 0.271 e. The van der Waals surface area contributed by atoms with Crippen LogP contribution in [0.2, 0.25) is 0 Å². The zero-order chi connectivity index (χ0) is 23.2. The number of ether oxygens (including phenoxy) is 1. The van der Waals surface area contributed by atoms with Gasteiger partial charge in [-0.1, -0.05) is 31.9 Å². The fourth-order valence-corrected chi connectivity index (χ4v) is 5.29. The maximum atomic E-state index is 13.8. The summed E-state index contributed by atoms with van der Waals surface area (Å²) >= 11 is 0. The van der Waals surface area contributed by atoms with E-state index in [-0.39, 0.29) is 17.9 Å². The van der Waals surface area contributed by atoms with Crippen molar-refractivity contribution in [3.63, 3.8) is 0 Å². The average molecular weight is 450 g/mol. The van der Waals surface area contributed by atoms with Crippen molar-refractivity contribution >= 4 is 22.9 Å². The van der Waals surface area contributed by atoms with Crippen LogP contribution < -0.4 is 10.1 Å².